The van der Waals surface area contributed by atoms with E-state index in [0.29, 0.717) is 12.3 Å². The molecular weight excluding hydrogens is 318 g/mol. The van der Waals surface area contributed by atoms with Crippen molar-refractivity contribution in [1.82, 2.24) is 0 Å². The number of hydrogen-bond donors (Lipinski definition) is 3. The van der Waals surface area contributed by atoms with E-state index < -0.39 is 5.97 Å². The largest absolute Gasteiger partial charge is 0.494 e. The van der Waals surface area contributed by atoms with Crippen molar-refractivity contribution in [3.8, 4) is 5.75 Å². The van der Waals surface area contributed by atoms with E-state index in [0.717, 1.165) is 23.2 Å². The van der Waals surface area contributed by atoms with Gasteiger partial charge in [-0.3, -0.25) is 14.6 Å². The number of nitrogens with two attached hydrogens (primary N) is 1. The highest BCUT2D eigenvalue weighted by atomic mass is 32.2. The number of nitrogens with zero attached hydrogens (tertiary/aromatic N) is 1. The first kappa shape index (κ1) is 18.8. The smallest absolute Gasteiger partial charge is 0.303 e. The molecule has 0 aromatic heterocycles. The quantitative estimate of drug-likeness (QED) is 0.730. The maximum atomic E-state index is 11.3. The lowest BCUT2D eigenvalue weighted by molar-refractivity contribution is -0.138. The van der Waals surface area contributed by atoms with E-state index >= 15 is 0 Å². The Labute approximate surface area is 139 Å². The van der Waals surface area contributed by atoms with Gasteiger partial charge in [-0.05, 0) is 31.2 Å². The third kappa shape index (κ3) is 8.72. The molecule has 1 aliphatic heterocycles. The third-order valence-corrected chi connectivity index (χ3v) is 3.44. The van der Waals surface area contributed by atoms with Crippen molar-refractivity contribution in [2.75, 3.05) is 24.2 Å². The molecule has 0 radical (unpaired) electrons. The number of carbonyl (C=O) groups is 2. The molecule has 0 atom stereocenters. The minimum atomic E-state index is -0.980. The zero-order valence-electron chi connectivity index (χ0n) is 12.9. The number of anilines is 1. The molecule has 0 aliphatic carbocycles. The van der Waals surface area contributed by atoms with Crippen LogP contribution >= 0.6 is 11.8 Å². The number of ether oxygens (including phenoxy) is 1. The second-order valence-electron chi connectivity index (χ2n) is 4.47. The molecule has 1 aliphatic rings. The first-order valence-corrected chi connectivity index (χ1v) is 8.17. The number of amidine groups is 1. The van der Waals surface area contributed by atoms with Crippen molar-refractivity contribution in [2.24, 2.45) is 10.7 Å². The molecule has 0 unspecified atom stereocenters. The Kier molecular flexibility index (Phi) is 8.59. The predicted octanol–water partition coefficient (Wildman–Crippen LogP) is 1.94. The molecule has 1 aromatic carbocycles. The molecule has 8 heteroatoms. The van der Waals surface area contributed by atoms with Gasteiger partial charge in [-0.1, -0.05) is 11.8 Å². The first-order valence-electron chi connectivity index (χ1n) is 7.18. The van der Waals surface area contributed by atoms with Gasteiger partial charge in [0.2, 0.25) is 5.91 Å². The third-order valence-electron chi connectivity index (χ3n) is 2.62. The summed E-state index contributed by atoms with van der Waals surface area (Å²) >= 11 is 1.62. The van der Waals surface area contributed by atoms with Gasteiger partial charge in [0.1, 0.15) is 5.75 Å². The average Bonchev–Trinajstić information content (AvgIpc) is 2.99. The summed E-state index contributed by atoms with van der Waals surface area (Å²) in [5, 5.41) is 11.8. The van der Waals surface area contributed by atoms with Gasteiger partial charge in [-0.2, -0.15) is 0 Å². The van der Waals surface area contributed by atoms with Crippen molar-refractivity contribution in [3.63, 3.8) is 0 Å². The lowest BCUT2D eigenvalue weighted by Crippen LogP contribution is -2.13. The lowest BCUT2D eigenvalue weighted by Gasteiger charge is -2.06. The standard InChI is InChI=1S/C12H15NO4.C3H6N2S/c1-2-17-10-5-3-9(4-6-10)13-11(14)7-8-12(15)16;4-3-5-1-2-6-3/h3-6H,2,7-8H2,1H3,(H,13,14)(H,15,16);1-2H2,(H2,4,5). The minimum Gasteiger partial charge on any atom is -0.494 e. The van der Waals surface area contributed by atoms with Gasteiger partial charge in [-0.25, -0.2) is 0 Å². The Balaban J connectivity index is 0.000000366. The fraction of sp³-hybridized carbons (Fsp3) is 0.400. The number of aliphatic imine (C=N–C) groups is 1. The minimum absolute atomic E-state index is 0.0253. The molecule has 4 N–H and O–H groups in total. The summed E-state index contributed by atoms with van der Waals surface area (Å²) in [6.45, 7) is 3.39. The second-order valence-corrected chi connectivity index (χ2v) is 5.58. The van der Waals surface area contributed by atoms with Gasteiger partial charge < -0.3 is 20.9 Å². The molecule has 0 spiro atoms. The summed E-state index contributed by atoms with van der Waals surface area (Å²) in [5.41, 5.74) is 5.88. The van der Waals surface area contributed by atoms with E-state index in [-0.39, 0.29) is 18.7 Å². The van der Waals surface area contributed by atoms with Crippen LogP contribution in [0.2, 0.25) is 0 Å². The Bertz CT molecular complexity index is 546. The Morgan fingerprint density at radius 3 is 2.48 bits per heavy atom. The van der Waals surface area contributed by atoms with Crippen LogP contribution in [0.3, 0.4) is 0 Å². The highest BCUT2D eigenvalue weighted by Crippen LogP contribution is 2.15. The van der Waals surface area contributed by atoms with E-state index in [1.807, 2.05) is 6.92 Å². The number of benzene rings is 1. The molecule has 2 rings (SSSR count). The van der Waals surface area contributed by atoms with Crippen LogP contribution in [0.4, 0.5) is 5.69 Å². The maximum absolute atomic E-state index is 11.3. The van der Waals surface area contributed by atoms with E-state index in [2.05, 4.69) is 10.3 Å². The summed E-state index contributed by atoms with van der Waals surface area (Å²) in [4.78, 5) is 25.5. The Morgan fingerprint density at radius 1 is 1.35 bits per heavy atom. The van der Waals surface area contributed by atoms with Crippen LogP contribution in [0.25, 0.3) is 0 Å². The summed E-state index contributed by atoms with van der Waals surface area (Å²) in [6, 6.07) is 6.92. The van der Waals surface area contributed by atoms with Crippen LogP contribution in [-0.4, -0.2) is 41.1 Å². The fourth-order valence-electron chi connectivity index (χ4n) is 1.60. The molecule has 1 heterocycles. The zero-order chi connectivity index (χ0) is 17.1. The van der Waals surface area contributed by atoms with Gasteiger partial charge in [0.25, 0.3) is 0 Å². The van der Waals surface area contributed by atoms with Crippen molar-refractivity contribution in [1.29, 1.82) is 0 Å². The zero-order valence-corrected chi connectivity index (χ0v) is 13.8. The van der Waals surface area contributed by atoms with Crippen LogP contribution in [0.1, 0.15) is 19.8 Å². The topological polar surface area (TPSA) is 114 Å². The summed E-state index contributed by atoms with van der Waals surface area (Å²) < 4.78 is 5.25. The van der Waals surface area contributed by atoms with E-state index in [1.165, 1.54) is 0 Å². The van der Waals surface area contributed by atoms with Gasteiger partial charge >= 0.3 is 5.97 Å². The van der Waals surface area contributed by atoms with Crippen molar-refractivity contribution in [3.05, 3.63) is 24.3 Å². The highest BCUT2D eigenvalue weighted by Gasteiger charge is 2.05. The lowest BCUT2D eigenvalue weighted by atomic mass is 10.2. The molecule has 0 saturated heterocycles. The molecule has 0 fully saturated rings. The van der Waals surface area contributed by atoms with Crippen molar-refractivity contribution < 1.29 is 19.4 Å². The summed E-state index contributed by atoms with van der Waals surface area (Å²) in [5.74, 6) is 0.519. The maximum Gasteiger partial charge on any atom is 0.303 e. The molecule has 1 amide bonds. The van der Waals surface area contributed by atoms with Gasteiger partial charge in [0.05, 0.1) is 19.6 Å². The highest BCUT2D eigenvalue weighted by molar-refractivity contribution is 8.14. The molecule has 1 aromatic rings. The number of rotatable bonds is 6. The number of amides is 1. The Morgan fingerprint density at radius 2 is 2.04 bits per heavy atom. The number of carbonyl (C=O) groups excluding carboxylic acids is 1. The predicted molar refractivity (Wildman–Crippen MR) is 92.1 cm³/mol. The number of hydrogen-bond acceptors (Lipinski definition) is 6. The normalized spacial score (nSPS) is 12.7. The molecular formula is C15H21N3O4S. The fourth-order valence-corrected chi connectivity index (χ4v) is 2.17. The number of carboxylic acid groups (broad SMARTS) is 1. The monoisotopic (exact) mass is 339 g/mol. The second kappa shape index (κ2) is 10.5. The average molecular weight is 339 g/mol. The molecule has 23 heavy (non-hydrogen) atoms. The molecule has 0 saturated carbocycles. The van der Waals surface area contributed by atoms with Crippen LogP contribution in [0.15, 0.2) is 29.3 Å². The SMILES string of the molecule is CCOc1ccc(NC(=O)CCC(=O)O)cc1.NC1=NCCS1. The first-order chi connectivity index (χ1) is 11.0. The van der Waals surface area contributed by atoms with E-state index in [4.69, 9.17) is 15.6 Å². The van der Waals surface area contributed by atoms with Crippen molar-refractivity contribution in [2.45, 2.75) is 19.8 Å². The molecule has 126 valence electrons. The number of thioether (sulfide) groups is 1. The van der Waals surface area contributed by atoms with Crippen molar-refractivity contribution >= 4 is 34.5 Å². The number of aliphatic carboxylic acids is 1. The number of carboxylic acids is 1. The number of nitrogens with one attached hydrogen (secondary N) is 1. The van der Waals surface area contributed by atoms with E-state index in [9.17, 15) is 9.59 Å². The summed E-state index contributed by atoms with van der Waals surface area (Å²) in [6.07, 6.45) is -0.189. The van der Waals surface area contributed by atoms with Crippen LogP contribution < -0.4 is 15.8 Å². The van der Waals surface area contributed by atoms with Crippen LogP contribution in [-0.2, 0) is 9.59 Å². The van der Waals surface area contributed by atoms with Gasteiger partial charge in [0.15, 0.2) is 5.17 Å². The van der Waals surface area contributed by atoms with Gasteiger partial charge in [0, 0.05) is 17.9 Å². The van der Waals surface area contributed by atoms with E-state index in [1.54, 1.807) is 36.0 Å². The molecule has 7 nitrogen and oxygen atoms in total. The van der Waals surface area contributed by atoms with Gasteiger partial charge in [-0.15, -0.1) is 0 Å². The molecule has 0 bridgehead atoms. The summed E-state index contributed by atoms with van der Waals surface area (Å²) in [7, 11) is 0. The Hall–Kier alpha value is -2.22. The van der Waals surface area contributed by atoms with Crippen LogP contribution in [0, 0.1) is 0 Å². The van der Waals surface area contributed by atoms with Crippen LogP contribution in [0.5, 0.6) is 5.75 Å².